The maximum absolute atomic E-state index is 4.38. The second-order valence-corrected chi connectivity index (χ2v) is 4.09. The Morgan fingerprint density at radius 3 is 2.42 bits per heavy atom. The molecule has 3 heteroatoms. The van der Waals surface area contributed by atoms with Crippen LogP contribution in [-0.2, 0) is 6.54 Å². The first kappa shape index (κ1) is 9.52. The lowest BCUT2D eigenvalue weighted by atomic mass is 10.2. The van der Waals surface area contributed by atoms with Crippen LogP contribution in [0.5, 0.6) is 0 Å². The van der Waals surface area contributed by atoms with Crippen LogP contribution in [0.15, 0.2) is 11.1 Å². The third-order valence-electron chi connectivity index (χ3n) is 2.06. The van der Waals surface area contributed by atoms with Gasteiger partial charge >= 0.3 is 0 Å². The van der Waals surface area contributed by atoms with E-state index in [0.717, 1.165) is 16.7 Å². The third-order valence-corrected chi connectivity index (χ3v) is 2.32. The standard InChI is InChI=1S/C9H13BrN2/c1-6(10)5-12-9(4)7(2)8(3)11-12/h1,5H2,2-4H3. The maximum atomic E-state index is 4.38. The van der Waals surface area contributed by atoms with Gasteiger partial charge in [-0.05, 0) is 26.3 Å². The summed E-state index contributed by atoms with van der Waals surface area (Å²) in [7, 11) is 0. The minimum atomic E-state index is 0.751. The molecule has 0 amide bonds. The highest BCUT2D eigenvalue weighted by Gasteiger charge is 2.06. The average molecular weight is 229 g/mol. The first-order chi connectivity index (χ1) is 5.52. The van der Waals surface area contributed by atoms with Crippen molar-refractivity contribution in [1.29, 1.82) is 0 Å². The number of hydrogen-bond donors (Lipinski definition) is 0. The summed E-state index contributed by atoms with van der Waals surface area (Å²) in [5.41, 5.74) is 3.58. The van der Waals surface area contributed by atoms with Crippen molar-refractivity contribution in [2.24, 2.45) is 0 Å². The largest absolute Gasteiger partial charge is 0.264 e. The molecule has 0 aliphatic rings. The summed E-state index contributed by atoms with van der Waals surface area (Å²) in [6, 6.07) is 0. The molecule has 0 saturated carbocycles. The first-order valence-corrected chi connectivity index (χ1v) is 4.65. The van der Waals surface area contributed by atoms with Crippen LogP contribution in [0, 0.1) is 20.8 Å². The Hall–Kier alpha value is -0.570. The van der Waals surface area contributed by atoms with Crippen molar-refractivity contribution in [1.82, 2.24) is 9.78 Å². The molecule has 1 heterocycles. The van der Waals surface area contributed by atoms with Gasteiger partial charge in [-0.25, -0.2) is 0 Å². The minimum Gasteiger partial charge on any atom is -0.264 e. The maximum Gasteiger partial charge on any atom is 0.0721 e. The van der Waals surface area contributed by atoms with E-state index in [0.29, 0.717) is 0 Å². The molecule has 0 atom stereocenters. The zero-order valence-corrected chi connectivity index (χ0v) is 9.27. The molecule has 0 aliphatic carbocycles. The lowest BCUT2D eigenvalue weighted by Gasteiger charge is -2.01. The molecule has 0 saturated heterocycles. The van der Waals surface area contributed by atoms with Gasteiger partial charge in [-0.1, -0.05) is 22.5 Å². The van der Waals surface area contributed by atoms with Gasteiger partial charge in [0.25, 0.3) is 0 Å². The smallest absolute Gasteiger partial charge is 0.0721 e. The summed E-state index contributed by atoms with van der Waals surface area (Å²) in [6.45, 7) is 10.7. The van der Waals surface area contributed by atoms with Gasteiger partial charge in [-0.3, -0.25) is 4.68 Å². The summed E-state index contributed by atoms with van der Waals surface area (Å²) in [6.07, 6.45) is 0. The fourth-order valence-electron chi connectivity index (χ4n) is 1.10. The molecular weight excluding hydrogens is 216 g/mol. The van der Waals surface area contributed by atoms with Crippen molar-refractivity contribution >= 4 is 15.9 Å². The van der Waals surface area contributed by atoms with Gasteiger partial charge in [-0.2, -0.15) is 5.10 Å². The first-order valence-electron chi connectivity index (χ1n) is 3.86. The summed E-state index contributed by atoms with van der Waals surface area (Å²) >= 11 is 3.32. The molecule has 0 aliphatic heterocycles. The van der Waals surface area contributed by atoms with Crippen LogP contribution >= 0.6 is 15.9 Å². The predicted molar refractivity (Wildman–Crippen MR) is 54.5 cm³/mol. The van der Waals surface area contributed by atoms with E-state index in [4.69, 9.17) is 0 Å². The zero-order valence-electron chi connectivity index (χ0n) is 7.69. The average Bonchev–Trinajstić information content (AvgIpc) is 2.17. The molecule has 1 aromatic rings. The molecule has 0 fully saturated rings. The predicted octanol–water partition coefficient (Wildman–Crippen LogP) is 2.72. The fraction of sp³-hybridized carbons (Fsp3) is 0.444. The van der Waals surface area contributed by atoms with Crippen molar-refractivity contribution in [2.45, 2.75) is 27.3 Å². The summed E-state index contributed by atoms with van der Waals surface area (Å²) in [4.78, 5) is 0. The van der Waals surface area contributed by atoms with Gasteiger partial charge in [0.15, 0.2) is 0 Å². The quantitative estimate of drug-likeness (QED) is 0.762. The van der Waals surface area contributed by atoms with E-state index in [1.807, 2.05) is 11.6 Å². The highest BCUT2D eigenvalue weighted by Crippen LogP contribution is 2.13. The Kier molecular flexibility index (Phi) is 2.73. The highest BCUT2D eigenvalue weighted by molar-refractivity contribution is 9.11. The molecule has 12 heavy (non-hydrogen) atoms. The van der Waals surface area contributed by atoms with Crippen LogP contribution in [0.1, 0.15) is 17.0 Å². The molecule has 1 rings (SSSR count). The number of aromatic nitrogens is 2. The number of nitrogens with zero attached hydrogens (tertiary/aromatic N) is 2. The zero-order chi connectivity index (χ0) is 9.30. The molecule has 0 spiro atoms. The second-order valence-electron chi connectivity index (χ2n) is 2.97. The Morgan fingerprint density at radius 2 is 2.08 bits per heavy atom. The summed E-state index contributed by atoms with van der Waals surface area (Å²) in [5.74, 6) is 0. The van der Waals surface area contributed by atoms with E-state index in [-0.39, 0.29) is 0 Å². The van der Waals surface area contributed by atoms with E-state index in [2.05, 4.69) is 41.5 Å². The fourth-order valence-corrected chi connectivity index (χ4v) is 1.34. The Bertz CT molecular complexity index is 313. The van der Waals surface area contributed by atoms with Crippen molar-refractivity contribution < 1.29 is 0 Å². The number of hydrogen-bond acceptors (Lipinski definition) is 1. The second kappa shape index (κ2) is 3.44. The Balaban J connectivity index is 3.01. The van der Waals surface area contributed by atoms with Crippen LogP contribution in [0.4, 0.5) is 0 Å². The molecule has 1 aromatic heterocycles. The number of halogens is 1. The SMILES string of the molecule is C=C(Br)Cn1nc(C)c(C)c1C. The van der Waals surface area contributed by atoms with Crippen LogP contribution in [0.2, 0.25) is 0 Å². The highest BCUT2D eigenvalue weighted by atomic mass is 79.9. The van der Waals surface area contributed by atoms with Crippen LogP contribution in [-0.4, -0.2) is 9.78 Å². The Labute approximate surface area is 81.4 Å². The van der Waals surface area contributed by atoms with Gasteiger partial charge in [0.1, 0.15) is 0 Å². The van der Waals surface area contributed by atoms with Crippen molar-refractivity contribution in [3.8, 4) is 0 Å². The normalized spacial score (nSPS) is 10.3. The van der Waals surface area contributed by atoms with E-state index in [1.54, 1.807) is 0 Å². The lowest BCUT2D eigenvalue weighted by molar-refractivity contribution is 0.668. The molecule has 2 nitrogen and oxygen atoms in total. The monoisotopic (exact) mass is 228 g/mol. The van der Waals surface area contributed by atoms with Gasteiger partial charge in [0.2, 0.25) is 0 Å². The summed E-state index contributed by atoms with van der Waals surface area (Å²) in [5, 5.41) is 4.38. The van der Waals surface area contributed by atoms with E-state index >= 15 is 0 Å². The molecule has 0 unspecified atom stereocenters. The van der Waals surface area contributed by atoms with Crippen molar-refractivity contribution in [3.05, 3.63) is 28.0 Å². The van der Waals surface area contributed by atoms with Crippen molar-refractivity contribution in [2.75, 3.05) is 0 Å². The Morgan fingerprint density at radius 1 is 1.50 bits per heavy atom. The van der Waals surface area contributed by atoms with Crippen LogP contribution in [0.3, 0.4) is 0 Å². The van der Waals surface area contributed by atoms with E-state index in [1.165, 1.54) is 11.3 Å². The van der Waals surface area contributed by atoms with Gasteiger partial charge in [-0.15, -0.1) is 0 Å². The van der Waals surface area contributed by atoms with E-state index in [9.17, 15) is 0 Å². The molecule has 0 bridgehead atoms. The third kappa shape index (κ3) is 1.78. The lowest BCUT2D eigenvalue weighted by Crippen LogP contribution is -2.01. The molecule has 0 aromatic carbocycles. The number of rotatable bonds is 2. The van der Waals surface area contributed by atoms with Crippen LogP contribution < -0.4 is 0 Å². The number of allylic oxidation sites excluding steroid dienone is 1. The van der Waals surface area contributed by atoms with Gasteiger partial charge in [0, 0.05) is 10.2 Å². The number of aryl methyl sites for hydroxylation is 1. The van der Waals surface area contributed by atoms with Crippen molar-refractivity contribution in [3.63, 3.8) is 0 Å². The summed E-state index contributed by atoms with van der Waals surface area (Å²) < 4.78 is 2.91. The van der Waals surface area contributed by atoms with E-state index < -0.39 is 0 Å². The van der Waals surface area contributed by atoms with Gasteiger partial charge in [0.05, 0.1) is 12.2 Å². The molecular formula is C9H13BrN2. The molecule has 66 valence electrons. The molecule has 0 radical (unpaired) electrons. The van der Waals surface area contributed by atoms with Gasteiger partial charge < -0.3 is 0 Å². The minimum absolute atomic E-state index is 0.751. The molecule has 0 N–H and O–H groups in total. The topological polar surface area (TPSA) is 17.8 Å². The van der Waals surface area contributed by atoms with Crippen LogP contribution in [0.25, 0.3) is 0 Å².